The quantitative estimate of drug-likeness (QED) is 0.498. The van der Waals surface area contributed by atoms with E-state index in [0.29, 0.717) is 0 Å². The highest BCUT2D eigenvalue weighted by atomic mass is 16.2. The van der Waals surface area contributed by atoms with Crippen LogP contribution in [0.4, 0.5) is 0 Å². The summed E-state index contributed by atoms with van der Waals surface area (Å²) < 4.78 is 0. The highest BCUT2D eigenvalue weighted by molar-refractivity contribution is 6.18. The molecule has 148 valence electrons. The second-order valence-corrected chi connectivity index (χ2v) is 6.97. The molecule has 0 unspecified atom stereocenters. The zero-order valence-corrected chi connectivity index (χ0v) is 17.5. The normalized spacial score (nSPS) is 13.3. The summed E-state index contributed by atoms with van der Waals surface area (Å²) in [5, 5.41) is 2.47. The minimum absolute atomic E-state index is 0.0445. The van der Waals surface area contributed by atoms with Crippen LogP contribution in [0.3, 0.4) is 0 Å². The van der Waals surface area contributed by atoms with Crippen molar-refractivity contribution in [2.45, 2.75) is 67.2 Å². The van der Waals surface area contributed by atoms with E-state index < -0.39 is 0 Å². The number of amides is 1. The number of rotatable bonds is 7. The highest BCUT2D eigenvalue weighted by Crippen LogP contribution is 2.08. The standard InChI is InChI=1S/C17H21NO3.C6H12/c1-12(2)5-4-6-13(3)7-10-17(21)18-15-11-14(19)8-9-16(15)20;1-4-5-6(2)3/h5,7-9,11H,4,6,10H2,1-3H3,(H,18,21);5H,4H2,1-3H3/b13-7+;. The van der Waals surface area contributed by atoms with Gasteiger partial charge in [0, 0.05) is 12.5 Å². The van der Waals surface area contributed by atoms with Crippen LogP contribution < -0.4 is 5.32 Å². The van der Waals surface area contributed by atoms with E-state index in [2.05, 4.69) is 52.1 Å². The molecule has 0 aromatic heterocycles. The third kappa shape index (κ3) is 13.4. The molecule has 1 amide bonds. The lowest BCUT2D eigenvalue weighted by Gasteiger charge is -2.08. The van der Waals surface area contributed by atoms with Crippen LogP contribution in [0.15, 0.2) is 58.9 Å². The first kappa shape index (κ1) is 24.5. The summed E-state index contributed by atoms with van der Waals surface area (Å²) in [6.07, 6.45) is 12.9. The fourth-order valence-electron chi connectivity index (χ4n) is 2.17. The van der Waals surface area contributed by atoms with E-state index in [1.807, 2.05) is 13.0 Å². The highest BCUT2D eigenvalue weighted by Gasteiger charge is 2.14. The second-order valence-electron chi connectivity index (χ2n) is 6.97. The van der Waals surface area contributed by atoms with Crippen LogP contribution in [-0.4, -0.2) is 17.5 Å². The van der Waals surface area contributed by atoms with E-state index in [-0.39, 0.29) is 29.6 Å². The lowest BCUT2D eigenvalue weighted by molar-refractivity contribution is -0.121. The Hall–Kier alpha value is -2.49. The predicted octanol–water partition coefficient (Wildman–Crippen LogP) is 5.14. The minimum Gasteiger partial charge on any atom is -0.322 e. The van der Waals surface area contributed by atoms with Crippen LogP contribution in [-0.2, 0) is 14.4 Å². The maximum absolute atomic E-state index is 11.8. The maximum Gasteiger partial charge on any atom is 0.228 e. The van der Waals surface area contributed by atoms with Crippen LogP contribution >= 0.6 is 0 Å². The lowest BCUT2D eigenvalue weighted by Crippen LogP contribution is -2.28. The monoisotopic (exact) mass is 371 g/mol. The van der Waals surface area contributed by atoms with Crippen molar-refractivity contribution in [1.29, 1.82) is 0 Å². The van der Waals surface area contributed by atoms with Crippen LogP contribution in [0.2, 0.25) is 0 Å². The molecule has 0 radical (unpaired) electrons. The van der Waals surface area contributed by atoms with Gasteiger partial charge in [-0.2, -0.15) is 0 Å². The summed E-state index contributed by atoms with van der Waals surface area (Å²) in [6.45, 7) is 12.5. The molecule has 0 aromatic rings. The Morgan fingerprint density at radius 2 is 1.59 bits per heavy atom. The number of hydrogen-bond donors (Lipinski definition) is 1. The number of nitrogens with one attached hydrogen (secondary N) is 1. The Kier molecular flexibility index (Phi) is 12.4. The Labute approximate surface area is 163 Å². The zero-order chi connectivity index (χ0) is 20.8. The maximum atomic E-state index is 11.8. The van der Waals surface area contributed by atoms with Crippen molar-refractivity contribution < 1.29 is 14.4 Å². The number of carbonyl (C=O) groups is 3. The molecule has 1 rings (SSSR count). The zero-order valence-electron chi connectivity index (χ0n) is 17.5. The molecule has 0 saturated carbocycles. The molecule has 0 atom stereocenters. The first-order valence-electron chi connectivity index (χ1n) is 9.36. The molecule has 0 aliphatic heterocycles. The first-order valence-corrected chi connectivity index (χ1v) is 9.36. The van der Waals surface area contributed by atoms with Crippen molar-refractivity contribution in [3.05, 3.63) is 58.9 Å². The summed E-state index contributed by atoms with van der Waals surface area (Å²) in [4.78, 5) is 34.4. The lowest BCUT2D eigenvalue weighted by atomic mass is 10.1. The van der Waals surface area contributed by atoms with Crippen LogP contribution in [0, 0.1) is 0 Å². The molecule has 4 nitrogen and oxygen atoms in total. The van der Waals surface area contributed by atoms with Gasteiger partial charge in [-0.25, -0.2) is 0 Å². The van der Waals surface area contributed by atoms with Crippen molar-refractivity contribution in [3.8, 4) is 0 Å². The van der Waals surface area contributed by atoms with Gasteiger partial charge in [-0.15, -0.1) is 0 Å². The summed E-state index contributed by atoms with van der Waals surface area (Å²) in [6, 6.07) is 0. The minimum atomic E-state index is -0.354. The van der Waals surface area contributed by atoms with Gasteiger partial charge in [0.1, 0.15) is 0 Å². The summed E-state index contributed by atoms with van der Waals surface area (Å²) in [5.41, 5.74) is 3.86. The third-order valence-corrected chi connectivity index (χ3v) is 3.56. The van der Waals surface area contributed by atoms with Gasteiger partial charge < -0.3 is 5.32 Å². The van der Waals surface area contributed by atoms with Crippen molar-refractivity contribution in [3.63, 3.8) is 0 Å². The van der Waals surface area contributed by atoms with Gasteiger partial charge in [0.05, 0.1) is 5.70 Å². The fraction of sp³-hybridized carbons (Fsp3) is 0.435. The van der Waals surface area contributed by atoms with Gasteiger partial charge >= 0.3 is 0 Å². The van der Waals surface area contributed by atoms with Gasteiger partial charge in [0.15, 0.2) is 5.78 Å². The Bertz CT molecular complexity index is 680. The number of allylic oxidation sites excluding steroid dienone is 8. The molecule has 1 aliphatic rings. The van der Waals surface area contributed by atoms with Gasteiger partial charge in [-0.05, 0) is 66.0 Å². The van der Waals surface area contributed by atoms with E-state index in [1.54, 1.807) is 0 Å². The van der Waals surface area contributed by atoms with Gasteiger partial charge in [0.25, 0.3) is 0 Å². The molecule has 0 saturated heterocycles. The van der Waals surface area contributed by atoms with Crippen molar-refractivity contribution in [2.75, 3.05) is 0 Å². The largest absolute Gasteiger partial charge is 0.322 e. The predicted molar refractivity (Wildman–Crippen MR) is 112 cm³/mol. The van der Waals surface area contributed by atoms with Crippen molar-refractivity contribution in [1.82, 2.24) is 5.32 Å². The van der Waals surface area contributed by atoms with E-state index in [9.17, 15) is 14.4 Å². The topological polar surface area (TPSA) is 63.2 Å². The Balaban J connectivity index is 0.000000972. The van der Waals surface area contributed by atoms with Crippen LogP contribution in [0.25, 0.3) is 0 Å². The summed E-state index contributed by atoms with van der Waals surface area (Å²) in [5.74, 6) is -0.940. The molecule has 1 N–H and O–H groups in total. The SMILES string of the molecule is CC(C)=CCC/C(C)=C/CC(=O)NC1=CC(=O)C=CC1=O.CCC=C(C)C. The van der Waals surface area contributed by atoms with Crippen molar-refractivity contribution in [2.24, 2.45) is 0 Å². The van der Waals surface area contributed by atoms with Gasteiger partial charge in [0.2, 0.25) is 11.7 Å². The Morgan fingerprint density at radius 3 is 2.11 bits per heavy atom. The molecule has 0 bridgehead atoms. The number of carbonyl (C=O) groups excluding carboxylic acids is 3. The molecular weight excluding hydrogens is 338 g/mol. The van der Waals surface area contributed by atoms with E-state index in [4.69, 9.17) is 0 Å². The second kappa shape index (κ2) is 13.7. The molecular formula is C23H33NO3. The molecule has 0 heterocycles. The molecule has 27 heavy (non-hydrogen) atoms. The molecule has 1 aliphatic carbocycles. The van der Waals surface area contributed by atoms with Crippen molar-refractivity contribution >= 4 is 17.5 Å². The van der Waals surface area contributed by atoms with Gasteiger partial charge in [-0.1, -0.05) is 41.9 Å². The molecule has 4 heteroatoms. The molecule has 0 spiro atoms. The first-order chi connectivity index (χ1) is 12.6. The van der Waals surface area contributed by atoms with Crippen LogP contribution in [0.1, 0.15) is 67.2 Å². The van der Waals surface area contributed by atoms with E-state index in [0.717, 1.165) is 24.5 Å². The third-order valence-electron chi connectivity index (χ3n) is 3.56. The van der Waals surface area contributed by atoms with Gasteiger partial charge in [-0.3, -0.25) is 14.4 Å². The number of ketones is 2. The summed E-state index contributed by atoms with van der Waals surface area (Å²) >= 11 is 0. The fourth-order valence-corrected chi connectivity index (χ4v) is 2.17. The van der Waals surface area contributed by atoms with E-state index >= 15 is 0 Å². The summed E-state index contributed by atoms with van der Waals surface area (Å²) in [7, 11) is 0. The molecule has 0 aromatic carbocycles. The average Bonchev–Trinajstić information content (AvgIpc) is 2.56. The average molecular weight is 372 g/mol. The smallest absolute Gasteiger partial charge is 0.228 e. The van der Waals surface area contributed by atoms with Crippen LogP contribution in [0.5, 0.6) is 0 Å². The van der Waals surface area contributed by atoms with E-state index in [1.165, 1.54) is 29.7 Å². The Morgan fingerprint density at radius 1 is 0.963 bits per heavy atom. The molecule has 0 fully saturated rings. The number of hydrogen-bond acceptors (Lipinski definition) is 3.